The average molecular weight is 293 g/mol. The van der Waals surface area contributed by atoms with E-state index in [4.69, 9.17) is 11.6 Å². The Morgan fingerprint density at radius 3 is 2.42 bits per heavy atom. The first-order valence-electron chi connectivity index (χ1n) is 6.91. The van der Waals surface area contributed by atoms with E-state index in [9.17, 15) is 0 Å². The highest BCUT2D eigenvalue weighted by atomic mass is 35.5. The first kappa shape index (κ1) is 14.6. The summed E-state index contributed by atoms with van der Waals surface area (Å²) in [6.45, 7) is 4.39. The zero-order valence-corrected chi connectivity index (χ0v) is 13.2. The maximum Gasteiger partial charge on any atom is 0.0258 e. The molecule has 2 aromatic rings. The van der Waals surface area contributed by atoms with Crippen molar-refractivity contribution in [3.05, 3.63) is 57.3 Å². The third-order valence-electron chi connectivity index (χ3n) is 3.54. The van der Waals surface area contributed by atoms with Gasteiger partial charge in [0.1, 0.15) is 0 Å². The summed E-state index contributed by atoms with van der Waals surface area (Å²) in [4.78, 5) is 2.94. The summed E-state index contributed by atoms with van der Waals surface area (Å²) in [6, 6.07) is 13.1. The third-order valence-corrected chi connectivity index (χ3v) is 5.23. The molecule has 1 aromatic carbocycles. The molecule has 0 radical (unpaired) electrons. The van der Waals surface area contributed by atoms with E-state index in [-0.39, 0.29) is 0 Å². The van der Waals surface area contributed by atoms with Crippen molar-refractivity contribution < 1.29 is 0 Å². The molecule has 0 saturated heterocycles. The molecule has 0 bridgehead atoms. The highest BCUT2D eigenvalue weighted by molar-refractivity contribution is 7.11. The van der Waals surface area contributed by atoms with Crippen LogP contribution >= 0.6 is 22.9 Å². The van der Waals surface area contributed by atoms with E-state index >= 15 is 0 Å². The Balaban J connectivity index is 2.02. The fraction of sp³-hybridized carbons (Fsp3) is 0.412. The molecule has 0 aliphatic carbocycles. The molecule has 0 saturated carbocycles. The molecule has 0 spiro atoms. The van der Waals surface area contributed by atoms with Crippen LogP contribution in [0.2, 0.25) is 0 Å². The summed E-state index contributed by atoms with van der Waals surface area (Å²) in [5.41, 5.74) is 2.80. The van der Waals surface area contributed by atoms with Gasteiger partial charge in [0.25, 0.3) is 0 Å². The fourth-order valence-electron chi connectivity index (χ4n) is 2.34. The topological polar surface area (TPSA) is 0 Å². The van der Waals surface area contributed by atoms with Crippen molar-refractivity contribution in [2.45, 2.75) is 33.1 Å². The highest BCUT2D eigenvalue weighted by Crippen LogP contribution is 2.23. The smallest absolute Gasteiger partial charge is 0.0258 e. The molecule has 1 unspecified atom stereocenters. The molecule has 0 nitrogen and oxygen atoms in total. The summed E-state index contributed by atoms with van der Waals surface area (Å²) >= 11 is 8.10. The lowest BCUT2D eigenvalue weighted by molar-refractivity contribution is 0.587. The molecule has 0 aliphatic rings. The second kappa shape index (κ2) is 7.12. The average Bonchev–Trinajstić information content (AvgIpc) is 2.88. The Bertz CT molecular complexity index is 515. The van der Waals surface area contributed by atoms with Gasteiger partial charge in [-0.15, -0.1) is 22.9 Å². The SMILES string of the molecule is CCc1ccc(CC(CCl)Cc2ccccc2C)s1. The van der Waals surface area contributed by atoms with Gasteiger partial charge in [0.2, 0.25) is 0 Å². The van der Waals surface area contributed by atoms with Crippen LogP contribution in [0.15, 0.2) is 36.4 Å². The number of benzene rings is 1. The summed E-state index contributed by atoms with van der Waals surface area (Å²) in [6.07, 6.45) is 3.31. The molecule has 102 valence electrons. The summed E-state index contributed by atoms with van der Waals surface area (Å²) in [7, 11) is 0. The van der Waals surface area contributed by atoms with Crippen LogP contribution < -0.4 is 0 Å². The Labute approximate surface area is 125 Å². The maximum absolute atomic E-state index is 6.17. The predicted octanol–water partition coefficient (Wildman–Crippen LogP) is 5.26. The molecular formula is C17H21ClS. The lowest BCUT2D eigenvalue weighted by Crippen LogP contribution is -2.10. The number of thiophene rings is 1. The standard InChI is InChI=1S/C17H21ClS/c1-3-16-8-9-17(19-16)11-14(12-18)10-15-7-5-4-6-13(15)2/h4-9,14H,3,10-12H2,1-2H3. The van der Waals surface area contributed by atoms with Crippen LogP contribution in [-0.4, -0.2) is 5.88 Å². The van der Waals surface area contributed by atoms with Crippen LogP contribution in [0.4, 0.5) is 0 Å². The van der Waals surface area contributed by atoms with Gasteiger partial charge in [0.15, 0.2) is 0 Å². The van der Waals surface area contributed by atoms with Crippen molar-refractivity contribution in [1.82, 2.24) is 0 Å². The van der Waals surface area contributed by atoms with Gasteiger partial charge in [-0.3, -0.25) is 0 Å². The van der Waals surface area contributed by atoms with Crippen molar-refractivity contribution in [3.63, 3.8) is 0 Å². The van der Waals surface area contributed by atoms with E-state index in [0.717, 1.165) is 25.1 Å². The van der Waals surface area contributed by atoms with Gasteiger partial charge in [-0.2, -0.15) is 0 Å². The fourth-order valence-corrected chi connectivity index (χ4v) is 3.63. The molecule has 0 N–H and O–H groups in total. The molecule has 2 heteroatoms. The van der Waals surface area contributed by atoms with Crippen LogP contribution in [0.5, 0.6) is 0 Å². The van der Waals surface area contributed by atoms with Crippen molar-refractivity contribution >= 4 is 22.9 Å². The van der Waals surface area contributed by atoms with E-state index in [0.29, 0.717) is 5.92 Å². The molecule has 0 amide bonds. The van der Waals surface area contributed by atoms with E-state index < -0.39 is 0 Å². The van der Waals surface area contributed by atoms with Crippen LogP contribution in [-0.2, 0) is 19.3 Å². The quantitative estimate of drug-likeness (QED) is 0.637. The highest BCUT2D eigenvalue weighted by Gasteiger charge is 2.12. The van der Waals surface area contributed by atoms with Crippen LogP contribution in [0, 0.1) is 12.8 Å². The molecule has 1 aromatic heterocycles. The van der Waals surface area contributed by atoms with Crippen LogP contribution in [0.1, 0.15) is 27.8 Å². The predicted molar refractivity (Wildman–Crippen MR) is 86.5 cm³/mol. The lowest BCUT2D eigenvalue weighted by Gasteiger charge is -2.14. The second-order valence-corrected chi connectivity index (χ2v) is 6.64. The minimum absolute atomic E-state index is 0.533. The van der Waals surface area contributed by atoms with Gasteiger partial charge in [0.05, 0.1) is 0 Å². The normalized spacial score (nSPS) is 12.6. The van der Waals surface area contributed by atoms with Gasteiger partial charge in [-0.05, 0) is 55.4 Å². The maximum atomic E-state index is 6.17. The Kier molecular flexibility index (Phi) is 5.47. The van der Waals surface area contributed by atoms with Crippen molar-refractivity contribution in [2.24, 2.45) is 5.92 Å². The first-order chi connectivity index (χ1) is 9.22. The number of aryl methyl sites for hydroxylation is 2. The van der Waals surface area contributed by atoms with Crippen molar-refractivity contribution in [2.75, 3.05) is 5.88 Å². The second-order valence-electron chi connectivity index (χ2n) is 5.08. The monoisotopic (exact) mass is 292 g/mol. The summed E-state index contributed by atoms with van der Waals surface area (Å²) in [5, 5.41) is 0. The van der Waals surface area contributed by atoms with Gasteiger partial charge in [-0.1, -0.05) is 31.2 Å². The van der Waals surface area contributed by atoms with Gasteiger partial charge in [-0.25, -0.2) is 0 Å². The molecule has 1 atom stereocenters. The summed E-state index contributed by atoms with van der Waals surface area (Å²) in [5.74, 6) is 1.26. The minimum Gasteiger partial charge on any atom is -0.145 e. The molecule has 1 heterocycles. The van der Waals surface area contributed by atoms with E-state index in [1.807, 2.05) is 11.3 Å². The molecule has 2 rings (SSSR count). The Hall–Kier alpha value is -0.790. The van der Waals surface area contributed by atoms with Crippen LogP contribution in [0.3, 0.4) is 0 Å². The zero-order valence-electron chi connectivity index (χ0n) is 11.7. The van der Waals surface area contributed by atoms with Gasteiger partial charge in [0, 0.05) is 15.6 Å². The van der Waals surface area contributed by atoms with Gasteiger partial charge >= 0.3 is 0 Å². The Morgan fingerprint density at radius 1 is 1.05 bits per heavy atom. The zero-order chi connectivity index (χ0) is 13.7. The lowest BCUT2D eigenvalue weighted by atomic mass is 9.94. The molecule has 0 fully saturated rings. The van der Waals surface area contributed by atoms with E-state index in [1.54, 1.807) is 0 Å². The molecular weight excluding hydrogens is 272 g/mol. The number of halogens is 1. The van der Waals surface area contributed by atoms with E-state index in [2.05, 4.69) is 50.2 Å². The molecule has 0 aliphatic heterocycles. The number of hydrogen-bond donors (Lipinski definition) is 0. The van der Waals surface area contributed by atoms with Crippen LogP contribution in [0.25, 0.3) is 0 Å². The number of rotatable bonds is 6. The molecule has 19 heavy (non-hydrogen) atoms. The van der Waals surface area contributed by atoms with Crippen molar-refractivity contribution in [3.8, 4) is 0 Å². The largest absolute Gasteiger partial charge is 0.145 e. The first-order valence-corrected chi connectivity index (χ1v) is 8.26. The minimum atomic E-state index is 0.533. The Morgan fingerprint density at radius 2 is 1.79 bits per heavy atom. The van der Waals surface area contributed by atoms with Gasteiger partial charge < -0.3 is 0 Å². The number of hydrogen-bond acceptors (Lipinski definition) is 1. The third kappa shape index (κ3) is 4.09. The number of alkyl halides is 1. The van der Waals surface area contributed by atoms with E-state index in [1.165, 1.54) is 20.9 Å². The summed E-state index contributed by atoms with van der Waals surface area (Å²) < 4.78 is 0. The van der Waals surface area contributed by atoms with Crippen molar-refractivity contribution in [1.29, 1.82) is 0 Å².